The summed E-state index contributed by atoms with van der Waals surface area (Å²) in [4.78, 5) is 24.3. The Bertz CT molecular complexity index is 1150. The highest BCUT2D eigenvalue weighted by Gasteiger charge is 2.45. The number of carbonyl (C=O) groups excluding carboxylic acids is 2. The van der Waals surface area contributed by atoms with Crippen LogP contribution in [0.4, 0.5) is 0 Å². The van der Waals surface area contributed by atoms with Gasteiger partial charge in [0.15, 0.2) is 11.5 Å². The topological polar surface area (TPSA) is 89.5 Å². The minimum absolute atomic E-state index is 0.0295. The van der Waals surface area contributed by atoms with Gasteiger partial charge in [0.25, 0.3) is 0 Å². The van der Waals surface area contributed by atoms with Gasteiger partial charge in [-0.1, -0.05) is 51.1 Å². The Morgan fingerprint density at radius 2 is 1.66 bits per heavy atom. The Balaban J connectivity index is 1.80. The molecule has 8 nitrogen and oxygen atoms in total. The van der Waals surface area contributed by atoms with Crippen LogP contribution in [0.15, 0.2) is 36.4 Å². The smallest absolute Gasteiger partial charge is 0.308 e. The van der Waals surface area contributed by atoms with Gasteiger partial charge in [-0.25, -0.2) is 0 Å². The molecular weight excluding hydrogens is 524 g/mol. The summed E-state index contributed by atoms with van der Waals surface area (Å²) in [6.45, 7) is 12.2. The lowest BCUT2D eigenvalue weighted by Crippen LogP contribution is -2.47. The highest BCUT2D eigenvalue weighted by Crippen LogP contribution is 2.50. The predicted molar refractivity (Wildman–Crippen MR) is 156 cm³/mol. The molecule has 6 atom stereocenters. The summed E-state index contributed by atoms with van der Waals surface area (Å²) < 4.78 is 35.5. The van der Waals surface area contributed by atoms with Gasteiger partial charge < -0.3 is 28.4 Å². The quantitative estimate of drug-likeness (QED) is 0.151. The number of methoxy groups -OCH3 is 2. The number of carbonyl (C=O) groups is 2. The fourth-order valence-corrected chi connectivity index (χ4v) is 5.68. The molecule has 1 aliphatic rings. The van der Waals surface area contributed by atoms with Gasteiger partial charge in [0, 0.05) is 43.4 Å². The van der Waals surface area contributed by atoms with Gasteiger partial charge in [-0.2, -0.15) is 0 Å². The molecule has 0 spiro atoms. The summed E-state index contributed by atoms with van der Waals surface area (Å²) in [5.41, 5.74) is 2.50. The van der Waals surface area contributed by atoms with Crippen LogP contribution in [0.3, 0.4) is 0 Å². The van der Waals surface area contributed by atoms with E-state index in [2.05, 4.69) is 26.0 Å². The highest BCUT2D eigenvalue weighted by atomic mass is 16.6. The van der Waals surface area contributed by atoms with Gasteiger partial charge in [0.2, 0.25) is 0 Å². The Hall–Kier alpha value is -3.10. The van der Waals surface area contributed by atoms with E-state index >= 15 is 0 Å². The monoisotopic (exact) mass is 570 g/mol. The second-order valence-corrected chi connectivity index (χ2v) is 11.1. The van der Waals surface area contributed by atoms with Crippen molar-refractivity contribution in [3.8, 4) is 17.2 Å². The molecule has 0 N–H and O–H groups in total. The summed E-state index contributed by atoms with van der Waals surface area (Å²) in [6, 6.07) is 12.0. The number of benzene rings is 2. The first-order valence-corrected chi connectivity index (χ1v) is 14.5. The molecule has 0 aromatic heterocycles. The third-order valence-electron chi connectivity index (χ3n) is 7.98. The Morgan fingerprint density at radius 1 is 0.951 bits per heavy atom. The molecule has 8 heteroatoms. The van der Waals surface area contributed by atoms with E-state index in [-0.39, 0.29) is 30.0 Å². The van der Waals surface area contributed by atoms with Gasteiger partial charge in [-0.15, -0.1) is 0 Å². The molecule has 2 aromatic rings. The molecule has 3 rings (SSSR count). The second-order valence-electron chi connectivity index (χ2n) is 11.1. The third-order valence-corrected chi connectivity index (χ3v) is 7.98. The Labute approximate surface area is 244 Å². The number of esters is 2. The molecule has 0 unspecified atom stereocenters. The van der Waals surface area contributed by atoms with E-state index in [1.54, 1.807) is 7.11 Å². The molecule has 1 saturated heterocycles. The van der Waals surface area contributed by atoms with E-state index < -0.39 is 12.1 Å². The van der Waals surface area contributed by atoms with E-state index in [9.17, 15) is 9.59 Å². The zero-order valence-electron chi connectivity index (χ0n) is 25.7. The molecule has 0 bridgehead atoms. The molecule has 0 radical (unpaired) electrons. The molecule has 226 valence electrons. The van der Waals surface area contributed by atoms with Crippen LogP contribution in [-0.2, 0) is 30.4 Å². The fraction of sp³-hybridized carbons (Fsp3) is 0.576. The lowest BCUT2D eigenvalue weighted by Gasteiger charge is -2.45. The maximum Gasteiger partial charge on any atom is 0.308 e. The molecule has 0 aliphatic carbocycles. The van der Waals surface area contributed by atoms with Crippen molar-refractivity contribution in [2.75, 3.05) is 20.8 Å². The summed E-state index contributed by atoms with van der Waals surface area (Å²) in [7, 11) is 3.11. The van der Waals surface area contributed by atoms with Crippen molar-refractivity contribution in [1.82, 2.24) is 0 Å². The van der Waals surface area contributed by atoms with E-state index in [1.165, 1.54) is 26.5 Å². The summed E-state index contributed by atoms with van der Waals surface area (Å²) in [5, 5.41) is 0. The van der Waals surface area contributed by atoms with Gasteiger partial charge in [0.05, 0.1) is 33.0 Å². The lowest BCUT2D eigenvalue weighted by atomic mass is 9.78. The minimum atomic E-state index is -0.525. The molecule has 0 amide bonds. The van der Waals surface area contributed by atoms with Crippen molar-refractivity contribution in [3.05, 3.63) is 53.1 Å². The highest BCUT2D eigenvalue weighted by molar-refractivity contribution is 5.73. The van der Waals surface area contributed by atoms with Gasteiger partial charge >= 0.3 is 11.9 Å². The second kappa shape index (κ2) is 15.2. The molecule has 1 fully saturated rings. The maximum atomic E-state index is 12.1. The number of hydrogen-bond acceptors (Lipinski definition) is 8. The van der Waals surface area contributed by atoms with Crippen LogP contribution in [0.2, 0.25) is 0 Å². The van der Waals surface area contributed by atoms with Crippen molar-refractivity contribution in [2.45, 2.75) is 85.7 Å². The van der Waals surface area contributed by atoms with Crippen LogP contribution in [0.5, 0.6) is 17.2 Å². The molecule has 0 saturated carbocycles. The van der Waals surface area contributed by atoms with E-state index in [1.807, 2.05) is 38.1 Å². The Morgan fingerprint density at radius 3 is 2.27 bits per heavy atom. The first kappa shape index (κ1) is 32.4. The third kappa shape index (κ3) is 8.46. The van der Waals surface area contributed by atoms with Crippen LogP contribution in [-0.4, -0.2) is 45.0 Å². The maximum absolute atomic E-state index is 12.1. The number of rotatable bonds is 13. The SMILES string of the molecule is COc1cc([C@@H]2O[C@H](CC[C@H](C)CCOCc3ccccc3)[C@H](C)[C@H](OC(C)=O)[C@H]2C)c(OC(C)=O)c(OC)c1C. The van der Waals surface area contributed by atoms with Crippen molar-refractivity contribution in [1.29, 1.82) is 0 Å². The number of ether oxygens (including phenoxy) is 6. The van der Waals surface area contributed by atoms with Crippen LogP contribution >= 0.6 is 0 Å². The van der Waals surface area contributed by atoms with Crippen LogP contribution in [0, 0.1) is 24.7 Å². The molecule has 1 heterocycles. The van der Waals surface area contributed by atoms with Crippen LogP contribution in [0.25, 0.3) is 0 Å². The minimum Gasteiger partial charge on any atom is -0.496 e. The fourth-order valence-electron chi connectivity index (χ4n) is 5.68. The molecule has 1 aliphatic heterocycles. The van der Waals surface area contributed by atoms with Crippen molar-refractivity contribution in [3.63, 3.8) is 0 Å². The summed E-state index contributed by atoms with van der Waals surface area (Å²) in [6.07, 6.45) is 1.55. The number of hydrogen-bond donors (Lipinski definition) is 0. The molecule has 41 heavy (non-hydrogen) atoms. The summed E-state index contributed by atoms with van der Waals surface area (Å²) in [5.74, 6) is 0.661. The average molecular weight is 571 g/mol. The lowest BCUT2D eigenvalue weighted by molar-refractivity contribution is -0.193. The zero-order chi connectivity index (χ0) is 30.1. The predicted octanol–water partition coefficient (Wildman–Crippen LogP) is 6.60. The van der Waals surface area contributed by atoms with E-state index in [0.29, 0.717) is 47.5 Å². The van der Waals surface area contributed by atoms with Crippen LogP contribution in [0.1, 0.15) is 76.7 Å². The van der Waals surface area contributed by atoms with E-state index in [4.69, 9.17) is 28.4 Å². The van der Waals surface area contributed by atoms with Crippen LogP contribution < -0.4 is 14.2 Å². The first-order valence-electron chi connectivity index (χ1n) is 14.5. The van der Waals surface area contributed by atoms with Crippen molar-refractivity contribution < 1.29 is 38.0 Å². The zero-order valence-corrected chi connectivity index (χ0v) is 25.7. The first-order chi connectivity index (χ1) is 19.6. The average Bonchev–Trinajstić information content (AvgIpc) is 2.94. The normalized spacial score (nSPS) is 23.0. The van der Waals surface area contributed by atoms with Crippen molar-refractivity contribution in [2.24, 2.45) is 17.8 Å². The summed E-state index contributed by atoms with van der Waals surface area (Å²) >= 11 is 0. The van der Waals surface area contributed by atoms with Gasteiger partial charge in [0.1, 0.15) is 11.9 Å². The Kier molecular flexibility index (Phi) is 12.0. The largest absolute Gasteiger partial charge is 0.496 e. The molecule has 2 aromatic carbocycles. The van der Waals surface area contributed by atoms with Gasteiger partial charge in [-0.05, 0) is 43.7 Å². The molecular formula is C33H46O8. The van der Waals surface area contributed by atoms with Gasteiger partial charge in [-0.3, -0.25) is 9.59 Å². The van der Waals surface area contributed by atoms with E-state index in [0.717, 1.165) is 19.3 Å². The van der Waals surface area contributed by atoms with Crippen molar-refractivity contribution >= 4 is 11.9 Å². The standard InChI is InChI=1S/C33H46O8/c1-20(16-17-38-19-26-12-10-9-11-13-26)14-15-28-21(2)30(39-24(5)34)23(4)31(41-28)27-18-29(36-7)22(3)32(37-8)33(27)40-25(6)35/h9-13,18,20-21,23,28,30-31H,14-17,19H2,1-8H3/t20-,21-,23+,28+,30-,31+/m0/s1.